The van der Waals surface area contributed by atoms with Crippen LogP contribution < -0.4 is 17.0 Å². The summed E-state index contributed by atoms with van der Waals surface area (Å²) in [7, 11) is 0. The number of aliphatic hydroxyl groups is 3. The van der Waals surface area contributed by atoms with Gasteiger partial charge in [0.05, 0.1) is 6.61 Å². The first-order valence-corrected chi connectivity index (χ1v) is 6.65. The molecule has 2 rings (SSSR count). The van der Waals surface area contributed by atoms with Crippen molar-refractivity contribution in [1.29, 1.82) is 0 Å². The molecule has 1 aromatic rings. The van der Waals surface area contributed by atoms with Crippen LogP contribution in [0.2, 0.25) is 0 Å². The standard InChI is InChI=1S/C12H19N3O6/c13-3-1-4-14-8(17)2-5-15(12(14)20)11-10(19)9(18)7(6-16)21-11/h2,5,7,9-11,16,18-19H,1,3-4,6,13H2/t7-,9-,10-,11-/m1/s1. The van der Waals surface area contributed by atoms with Gasteiger partial charge < -0.3 is 25.8 Å². The lowest BCUT2D eigenvalue weighted by atomic mass is 10.1. The average Bonchev–Trinajstić information content (AvgIpc) is 2.75. The van der Waals surface area contributed by atoms with Gasteiger partial charge in [0.2, 0.25) is 0 Å². The summed E-state index contributed by atoms with van der Waals surface area (Å²) in [5.41, 5.74) is 4.23. The van der Waals surface area contributed by atoms with E-state index in [1.807, 2.05) is 0 Å². The number of rotatable bonds is 5. The highest BCUT2D eigenvalue weighted by molar-refractivity contribution is 4.94. The van der Waals surface area contributed by atoms with Gasteiger partial charge in [-0.25, -0.2) is 4.79 Å². The second kappa shape index (κ2) is 6.50. The summed E-state index contributed by atoms with van der Waals surface area (Å²) < 4.78 is 7.29. The summed E-state index contributed by atoms with van der Waals surface area (Å²) in [4.78, 5) is 24.0. The molecule has 1 aliphatic heterocycles. The van der Waals surface area contributed by atoms with Crippen LogP contribution in [0.3, 0.4) is 0 Å². The Morgan fingerprint density at radius 2 is 2.00 bits per heavy atom. The molecule has 9 heteroatoms. The minimum Gasteiger partial charge on any atom is -0.394 e. The zero-order valence-corrected chi connectivity index (χ0v) is 11.3. The normalized spacial score (nSPS) is 29.0. The van der Waals surface area contributed by atoms with E-state index in [1.165, 1.54) is 12.3 Å². The topological polar surface area (TPSA) is 140 Å². The number of nitrogens with zero attached hydrogens (tertiary/aromatic N) is 2. The molecule has 1 saturated heterocycles. The van der Waals surface area contributed by atoms with Gasteiger partial charge in [0.1, 0.15) is 18.3 Å². The Morgan fingerprint density at radius 1 is 1.29 bits per heavy atom. The summed E-state index contributed by atoms with van der Waals surface area (Å²) in [6, 6.07) is 1.17. The molecule has 0 spiro atoms. The Bertz CT molecular complexity index is 597. The average molecular weight is 301 g/mol. The molecule has 0 bridgehead atoms. The SMILES string of the molecule is NCCCn1c(=O)ccn([C@@H]2O[C@H](CO)[C@@H](O)[C@H]2O)c1=O. The lowest BCUT2D eigenvalue weighted by Crippen LogP contribution is -2.43. The lowest BCUT2D eigenvalue weighted by Gasteiger charge is -2.18. The Hall–Kier alpha value is -1.52. The van der Waals surface area contributed by atoms with Gasteiger partial charge in [0.15, 0.2) is 6.23 Å². The van der Waals surface area contributed by atoms with Crippen molar-refractivity contribution < 1.29 is 20.1 Å². The van der Waals surface area contributed by atoms with E-state index in [9.17, 15) is 19.8 Å². The third kappa shape index (κ3) is 2.92. The van der Waals surface area contributed by atoms with E-state index in [0.717, 1.165) is 9.13 Å². The second-order valence-electron chi connectivity index (χ2n) is 4.87. The lowest BCUT2D eigenvalue weighted by molar-refractivity contribution is -0.0556. The number of hydrogen-bond donors (Lipinski definition) is 4. The summed E-state index contributed by atoms with van der Waals surface area (Å²) in [5.74, 6) is 0. The van der Waals surface area contributed by atoms with E-state index >= 15 is 0 Å². The fraction of sp³-hybridized carbons (Fsp3) is 0.667. The Labute approximate surface area is 119 Å². The zero-order chi connectivity index (χ0) is 15.6. The molecule has 9 nitrogen and oxygen atoms in total. The van der Waals surface area contributed by atoms with Crippen LogP contribution in [-0.2, 0) is 11.3 Å². The molecule has 1 aromatic heterocycles. The summed E-state index contributed by atoms with van der Waals surface area (Å²) in [6.07, 6.45) is -3.17. The first kappa shape index (κ1) is 15.9. The Morgan fingerprint density at radius 3 is 2.57 bits per heavy atom. The molecular weight excluding hydrogens is 282 g/mol. The van der Waals surface area contributed by atoms with Gasteiger partial charge in [0, 0.05) is 18.8 Å². The number of ether oxygens (including phenoxy) is 1. The van der Waals surface area contributed by atoms with Gasteiger partial charge in [-0.2, -0.15) is 0 Å². The number of hydrogen-bond acceptors (Lipinski definition) is 7. The van der Waals surface area contributed by atoms with Crippen LogP contribution in [0.15, 0.2) is 21.9 Å². The first-order valence-electron chi connectivity index (χ1n) is 6.65. The third-order valence-electron chi connectivity index (χ3n) is 3.47. The van der Waals surface area contributed by atoms with E-state index in [2.05, 4.69) is 0 Å². The van der Waals surface area contributed by atoms with Crippen molar-refractivity contribution in [3.05, 3.63) is 33.1 Å². The van der Waals surface area contributed by atoms with Crippen LogP contribution >= 0.6 is 0 Å². The highest BCUT2D eigenvalue weighted by Gasteiger charge is 2.43. The first-order chi connectivity index (χ1) is 10.0. The maximum atomic E-state index is 12.3. The fourth-order valence-electron chi connectivity index (χ4n) is 2.29. The van der Waals surface area contributed by atoms with Crippen LogP contribution in [0.5, 0.6) is 0 Å². The molecule has 1 fully saturated rings. The number of nitrogens with two attached hydrogens (primary N) is 1. The van der Waals surface area contributed by atoms with E-state index < -0.39 is 42.4 Å². The zero-order valence-electron chi connectivity index (χ0n) is 11.3. The molecule has 118 valence electrons. The van der Waals surface area contributed by atoms with Gasteiger partial charge >= 0.3 is 5.69 Å². The third-order valence-corrected chi connectivity index (χ3v) is 3.47. The minimum absolute atomic E-state index is 0.157. The van der Waals surface area contributed by atoms with Crippen molar-refractivity contribution in [3.63, 3.8) is 0 Å². The predicted molar refractivity (Wildman–Crippen MR) is 71.6 cm³/mol. The maximum Gasteiger partial charge on any atom is 0.333 e. The van der Waals surface area contributed by atoms with Crippen LogP contribution in [0.25, 0.3) is 0 Å². The Balaban J connectivity index is 2.37. The molecule has 5 N–H and O–H groups in total. The van der Waals surface area contributed by atoms with E-state index in [1.54, 1.807) is 0 Å². The van der Waals surface area contributed by atoms with Crippen molar-refractivity contribution in [1.82, 2.24) is 9.13 Å². The summed E-state index contributed by atoms with van der Waals surface area (Å²) >= 11 is 0. The van der Waals surface area contributed by atoms with Crippen LogP contribution in [0.4, 0.5) is 0 Å². The molecule has 1 aliphatic rings. The van der Waals surface area contributed by atoms with Crippen molar-refractivity contribution in [2.24, 2.45) is 5.73 Å². The largest absolute Gasteiger partial charge is 0.394 e. The Kier molecular flexibility index (Phi) is 4.91. The smallest absolute Gasteiger partial charge is 0.333 e. The quantitative estimate of drug-likeness (QED) is 0.453. The molecule has 2 heterocycles. The number of aromatic nitrogens is 2. The maximum absolute atomic E-state index is 12.3. The van der Waals surface area contributed by atoms with Gasteiger partial charge in [-0.15, -0.1) is 0 Å². The highest BCUT2D eigenvalue weighted by atomic mass is 16.6. The molecule has 0 aliphatic carbocycles. The molecule has 21 heavy (non-hydrogen) atoms. The molecule has 0 unspecified atom stereocenters. The summed E-state index contributed by atoms with van der Waals surface area (Å²) in [6.45, 7) is -0.00524. The predicted octanol–water partition coefficient (Wildman–Crippen LogP) is -3.03. The van der Waals surface area contributed by atoms with Crippen molar-refractivity contribution in [2.45, 2.75) is 37.5 Å². The van der Waals surface area contributed by atoms with E-state index in [-0.39, 0.29) is 6.54 Å². The second-order valence-corrected chi connectivity index (χ2v) is 4.87. The molecule has 0 saturated carbocycles. The van der Waals surface area contributed by atoms with Crippen molar-refractivity contribution in [3.8, 4) is 0 Å². The van der Waals surface area contributed by atoms with E-state index in [0.29, 0.717) is 13.0 Å². The van der Waals surface area contributed by atoms with Crippen LogP contribution in [0.1, 0.15) is 12.6 Å². The van der Waals surface area contributed by atoms with Gasteiger partial charge in [-0.05, 0) is 13.0 Å². The highest BCUT2D eigenvalue weighted by Crippen LogP contribution is 2.27. The van der Waals surface area contributed by atoms with Gasteiger partial charge in [0.25, 0.3) is 5.56 Å². The molecular formula is C12H19N3O6. The molecule has 0 aromatic carbocycles. The van der Waals surface area contributed by atoms with Crippen LogP contribution in [0, 0.1) is 0 Å². The molecule has 4 atom stereocenters. The fourth-order valence-corrected chi connectivity index (χ4v) is 2.29. The van der Waals surface area contributed by atoms with Gasteiger partial charge in [-0.1, -0.05) is 0 Å². The van der Waals surface area contributed by atoms with Crippen LogP contribution in [-0.4, -0.2) is 55.9 Å². The number of aliphatic hydroxyl groups excluding tert-OH is 3. The van der Waals surface area contributed by atoms with Gasteiger partial charge in [-0.3, -0.25) is 13.9 Å². The minimum atomic E-state index is -1.37. The van der Waals surface area contributed by atoms with Crippen molar-refractivity contribution >= 4 is 0 Å². The van der Waals surface area contributed by atoms with Crippen molar-refractivity contribution in [2.75, 3.05) is 13.2 Å². The summed E-state index contributed by atoms with van der Waals surface area (Å²) in [5, 5.41) is 28.7. The van der Waals surface area contributed by atoms with E-state index in [4.69, 9.17) is 15.6 Å². The molecule has 0 radical (unpaired) electrons. The molecule has 0 amide bonds. The monoisotopic (exact) mass is 301 g/mol.